The molecule has 33 heavy (non-hydrogen) atoms. The lowest BCUT2D eigenvalue weighted by Gasteiger charge is -2.06. The van der Waals surface area contributed by atoms with Crippen molar-refractivity contribution >= 4 is 39.4 Å². The van der Waals surface area contributed by atoms with Crippen molar-refractivity contribution in [2.24, 2.45) is 4.99 Å². The second-order valence-corrected chi connectivity index (χ2v) is 8.11. The van der Waals surface area contributed by atoms with Gasteiger partial charge in [-0.1, -0.05) is 30.7 Å². The number of unbranched alkanes of at least 4 members (excludes halogenated alkanes) is 1. The first kappa shape index (κ1) is 24.2. The van der Waals surface area contributed by atoms with E-state index in [1.165, 1.54) is 18.4 Å². The van der Waals surface area contributed by atoms with Crippen molar-refractivity contribution in [1.29, 1.82) is 0 Å². The van der Waals surface area contributed by atoms with Crippen LogP contribution in [0.25, 0.3) is 10.2 Å². The third kappa shape index (κ3) is 6.07. The third-order valence-corrected chi connectivity index (χ3v) is 5.78. The maximum Gasteiger partial charge on any atom is 0.337 e. The molecule has 0 radical (unpaired) electrons. The van der Waals surface area contributed by atoms with Gasteiger partial charge in [0.25, 0.3) is 5.91 Å². The lowest BCUT2D eigenvalue weighted by molar-refractivity contribution is -0.143. The summed E-state index contributed by atoms with van der Waals surface area (Å²) >= 11 is 1.20. The Morgan fingerprint density at radius 3 is 2.61 bits per heavy atom. The summed E-state index contributed by atoms with van der Waals surface area (Å²) in [6.07, 6.45) is 1.93. The minimum absolute atomic E-state index is 0.113. The Morgan fingerprint density at radius 2 is 1.88 bits per heavy atom. The van der Waals surface area contributed by atoms with Gasteiger partial charge in [0.1, 0.15) is 12.3 Å². The summed E-state index contributed by atoms with van der Waals surface area (Å²) < 4.78 is 17.8. The van der Waals surface area contributed by atoms with Gasteiger partial charge in [0.15, 0.2) is 4.80 Å². The third-order valence-electron chi connectivity index (χ3n) is 4.74. The molecule has 1 amide bonds. The molecule has 0 bridgehead atoms. The monoisotopic (exact) mass is 470 g/mol. The number of methoxy groups -OCH3 is 1. The van der Waals surface area contributed by atoms with Crippen LogP contribution in [0.5, 0.6) is 5.75 Å². The Kier molecular flexibility index (Phi) is 8.37. The summed E-state index contributed by atoms with van der Waals surface area (Å²) in [7, 11) is 1.31. The molecule has 0 saturated heterocycles. The predicted molar refractivity (Wildman–Crippen MR) is 125 cm³/mol. The molecule has 0 saturated carbocycles. The highest BCUT2D eigenvalue weighted by Gasteiger charge is 2.15. The highest BCUT2D eigenvalue weighted by molar-refractivity contribution is 7.16. The number of rotatable bonds is 9. The average molecular weight is 471 g/mol. The molecule has 8 nitrogen and oxygen atoms in total. The molecular weight excluding hydrogens is 444 g/mol. The van der Waals surface area contributed by atoms with Crippen molar-refractivity contribution in [3.63, 3.8) is 0 Å². The van der Waals surface area contributed by atoms with Gasteiger partial charge < -0.3 is 18.8 Å². The number of hydrogen-bond acceptors (Lipinski definition) is 7. The molecule has 0 atom stereocenters. The van der Waals surface area contributed by atoms with Crippen molar-refractivity contribution in [2.75, 3.05) is 20.3 Å². The molecule has 0 N–H and O–H groups in total. The van der Waals surface area contributed by atoms with Crippen molar-refractivity contribution in [1.82, 2.24) is 4.57 Å². The maximum absolute atomic E-state index is 12.9. The van der Waals surface area contributed by atoms with Gasteiger partial charge >= 0.3 is 11.9 Å². The summed E-state index contributed by atoms with van der Waals surface area (Å²) in [4.78, 5) is 41.6. The topological polar surface area (TPSA) is 96.2 Å². The zero-order valence-corrected chi connectivity index (χ0v) is 19.6. The molecule has 0 aliphatic heterocycles. The van der Waals surface area contributed by atoms with E-state index in [1.54, 1.807) is 54.0 Å². The molecule has 0 unspecified atom stereocenters. The van der Waals surface area contributed by atoms with E-state index < -0.39 is 17.8 Å². The predicted octanol–water partition coefficient (Wildman–Crippen LogP) is 3.97. The van der Waals surface area contributed by atoms with Crippen LogP contribution in [-0.2, 0) is 20.8 Å². The SMILES string of the molecule is CCCCOc1cccc(C(=O)N=c2sc3cc(C(=O)OC)ccc3n2CC(=O)OCC)c1. The largest absolute Gasteiger partial charge is 0.494 e. The van der Waals surface area contributed by atoms with Gasteiger partial charge in [-0.05, 0) is 49.7 Å². The lowest BCUT2D eigenvalue weighted by atomic mass is 10.2. The first-order valence-electron chi connectivity index (χ1n) is 10.7. The molecule has 0 aliphatic carbocycles. The summed E-state index contributed by atoms with van der Waals surface area (Å²) in [5, 5.41) is 0. The molecule has 174 valence electrons. The van der Waals surface area contributed by atoms with Crippen LogP contribution in [0.1, 0.15) is 47.4 Å². The van der Waals surface area contributed by atoms with E-state index in [-0.39, 0.29) is 13.2 Å². The van der Waals surface area contributed by atoms with Crippen molar-refractivity contribution < 1.29 is 28.6 Å². The van der Waals surface area contributed by atoms with E-state index in [0.717, 1.165) is 12.8 Å². The highest BCUT2D eigenvalue weighted by atomic mass is 32.1. The zero-order chi connectivity index (χ0) is 23.8. The van der Waals surface area contributed by atoms with E-state index in [2.05, 4.69) is 11.9 Å². The van der Waals surface area contributed by atoms with Crippen LogP contribution in [0.2, 0.25) is 0 Å². The van der Waals surface area contributed by atoms with Crippen LogP contribution in [0.15, 0.2) is 47.5 Å². The Bertz CT molecular complexity index is 1230. The average Bonchev–Trinajstić information content (AvgIpc) is 3.14. The maximum atomic E-state index is 12.9. The first-order chi connectivity index (χ1) is 16.0. The number of fused-ring (bicyclic) bond motifs is 1. The molecule has 3 aromatic rings. The Hall–Kier alpha value is -3.46. The first-order valence-corrected chi connectivity index (χ1v) is 11.5. The quantitative estimate of drug-likeness (QED) is 0.347. The molecule has 0 aliphatic rings. The minimum atomic E-state index is -0.475. The van der Waals surface area contributed by atoms with Crippen LogP contribution in [0.3, 0.4) is 0 Å². The fraction of sp³-hybridized carbons (Fsp3) is 0.333. The zero-order valence-electron chi connectivity index (χ0n) is 18.8. The van der Waals surface area contributed by atoms with Crippen LogP contribution in [-0.4, -0.2) is 42.7 Å². The highest BCUT2D eigenvalue weighted by Crippen LogP contribution is 2.21. The van der Waals surface area contributed by atoms with E-state index >= 15 is 0 Å². The smallest absolute Gasteiger partial charge is 0.337 e. The van der Waals surface area contributed by atoms with Gasteiger partial charge in [-0.15, -0.1) is 0 Å². The minimum Gasteiger partial charge on any atom is -0.494 e. The Morgan fingerprint density at radius 1 is 1.06 bits per heavy atom. The van der Waals surface area contributed by atoms with Crippen LogP contribution in [0, 0.1) is 0 Å². The van der Waals surface area contributed by atoms with E-state index in [1.807, 2.05) is 0 Å². The van der Waals surface area contributed by atoms with Gasteiger partial charge in [-0.2, -0.15) is 4.99 Å². The van der Waals surface area contributed by atoms with Crippen molar-refractivity contribution in [3.05, 3.63) is 58.4 Å². The lowest BCUT2D eigenvalue weighted by Crippen LogP contribution is -2.23. The molecule has 0 fully saturated rings. The van der Waals surface area contributed by atoms with Crippen LogP contribution < -0.4 is 9.54 Å². The Labute approximate surface area is 195 Å². The second-order valence-electron chi connectivity index (χ2n) is 7.10. The Balaban J connectivity index is 2.02. The molecule has 0 spiro atoms. The van der Waals surface area contributed by atoms with Gasteiger partial charge in [-0.25, -0.2) is 4.79 Å². The number of benzene rings is 2. The summed E-state index contributed by atoms with van der Waals surface area (Å²) in [6, 6.07) is 11.8. The number of ether oxygens (including phenoxy) is 3. The number of amides is 1. The molecule has 9 heteroatoms. The van der Waals surface area contributed by atoms with Gasteiger partial charge in [0, 0.05) is 5.56 Å². The van der Waals surface area contributed by atoms with Gasteiger partial charge in [0.2, 0.25) is 0 Å². The fourth-order valence-electron chi connectivity index (χ4n) is 3.10. The summed E-state index contributed by atoms with van der Waals surface area (Å²) in [5.74, 6) is -0.789. The fourth-order valence-corrected chi connectivity index (χ4v) is 4.16. The summed E-state index contributed by atoms with van der Waals surface area (Å²) in [5.41, 5.74) is 1.40. The van der Waals surface area contributed by atoms with Gasteiger partial charge in [0.05, 0.1) is 36.1 Å². The summed E-state index contributed by atoms with van der Waals surface area (Å²) in [6.45, 7) is 4.50. The standard InChI is InChI=1S/C24H26N2O6S/c1-4-6-12-32-18-9-7-8-16(13-18)22(28)25-24-26(15-21(27)31-5-2)19-11-10-17(23(29)30-3)14-20(19)33-24/h7-11,13-14H,4-6,12,15H2,1-3H3. The van der Waals surface area contributed by atoms with Crippen molar-refractivity contribution in [3.8, 4) is 5.75 Å². The molecular formula is C24H26N2O6S. The van der Waals surface area contributed by atoms with E-state index in [4.69, 9.17) is 14.2 Å². The number of nitrogens with zero attached hydrogens (tertiary/aromatic N) is 2. The number of aromatic nitrogens is 1. The number of carbonyl (C=O) groups excluding carboxylic acids is 3. The normalized spacial score (nSPS) is 11.4. The number of hydrogen-bond donors (Lipinski definition) is 0. The molecule has 3 rings (SSSR count). The van der Waals surface area contributed by atoms with E-state index in [0.29, 0.717) is 38.5 Å². The van der Waals surface area contributed by atoms with Gasteiger partial charge in [-0.3, -0.25) is 9.59 Å². The van der Waals surface area contributed by atoms with E-state index in [9.17, 15) is 14.4 Å². The van der Waals surface area contributed by atoms with Crippen LogP contribution >= 0.6 is 11.3 Å². The van der Waals surface area contributed by atoms with Crippen LogP contribution in [0.4, 0.5) is 0 Å². The molecule has 1 heterocycles. The number of carbonyl (C=O) groups is 3. The number of thiazole rings is 1. The second kappa shape index (κ2) is 11.4. The van der Waals surface area contributed by atoms with Crippen molar-refractivity contribution in [2.45, 2.75) is 33.2 Å². The molecule has 1 aromatic heterocycles. The number of esters is 2. The molecule has 2 aromatic carbocycles.